The summed E-state index contributed by atoms with van der Waals surface area (Å²) in [6.45, 7) is 0.412. The van der Waals surface area contributed by atoms with E-state index in [-0.39, 0.29) is 11.8 Å². The average molecular weight is 163 g/mol. The van der Waals surface area contributed by atoms with E-state index in [1.807, 2.05) is 0 Å². The molecule has 2 N–H and O–H groups in total. The van der Waals surface area contributed by atoms with Crippen LogP contribution < -0.4 is 5.73 Å². The Balaban J connectivity index is 4.15. The van der Waals surface area contributed by atoms with E-state index >= 15 is 0 Å². The zero-order valence-corrected chi connectivity index (χ0v) is 6.99. The van der Waals surface area contributed by atoms with Gasteiger partial charge in [0.15, 0.2) is 0 Å². The molecule has 2 heteroatoms. The summed E-state index contributed by atoms with van der Waals surface area (Å²) in [4.78, 5) is 10.6. The minimum Gasteiger partial charge on any atom is -0.330 e. The lowest BCUT2D eigenvalue weighted by Gasteiger charge is -2.16. The summed E-state index contributed by atoms with van der Waals surface area (Å²) in [6, 6.07) is 0. The molecule has 0 radical (unpaired) electrons. The predicted octanol–water partition coefficient (Wildman–Crippen LogP) is 0.423. The summed E-state index contributed by atoms with van der Waals surface area (Å²) in [5, 5.41) is 0. The van der Waals surface area contributed by atoms with E-state index in [0.29, 0.717) is 19.4 Å². The minimum absolute atomic E-state index is 0.0311. The number of carbonyl (C=O) groups excluding carboxylic acids is 1. The van der Waals surface area contributed by atoms with Crippen LogP contribution in [0.4, 0.5) is 0 Å². The molecule has 0 aliphatic rings. The molecule has 0 aliphatic heterocycles. The van der Waals surface area contributed by atoms with Gasteiger partial charge in [0, 0.05) is 18.8 Å². The average Bonchev–Trinajstić information content (AvgIpc) is 2.11. The highest BCUT2D eigenvalue weighted by atomic mass is 16.1. The maximum absolute atomic E-state index is 10.6. The normalized spacial score (nSPS) is 13.9. The first-order valence-corrected chi connectivity index (χ1v) is 3.82. The fraction of sp³-hybridized carbons (Fsp3) is 0.500. The fourth-order valence-corrected chi connectivity index (χ4v) is 1.02. The number of carbonyl (C=O) groups is 1. The summed E-state index contributed by atoms with van der Waals surface area (Å²) in [5.41, 5.74) is 5.44. The van der Waals surface area contributed by atoms with Gasteiger partial charge in [-0.15, -0.1) is 24.7 Å². The van der Waals surface area contributed by atoms with Crippen LogP contribution in [0.3, 0.4) is 0 Å². The van der Waals surface area contributed by atoms with Crippen LogP contribution in [-0.2, 0) is 4.79 Å². The Morgan fingerprint density at radius 3 is 2.25 bits per heavy atom. The standard InChI is InChI=1S/C10H13NO/c1-3-5-9(7-11)10(8-12)6-4-2/h1-2,8-10H,5-7,11H2. The molecular weight excluding hydrogens is 150 g/mol. The summed E-state index contributed by atoms with van der Waals surface area (Å²) in [7, 11) is 0. The van der Waals surface area contributed by atoms with E-state index in [0.717, 1.165) is 6.29 Å². The molecule has 64 valence electrons. The van der Waals surface area contributed by atoms with Crippen LogP contribution in [0.1, 0.15) is 12.8 Å². The molecule has 0 bridgehead atoms. The van der Waals surface area contributed by atoms with Crippen LogP contribution in [0.15, 0.2) is 0 Å². The number of rotatable bonds is 5. The molecule has 12 heavy (non-hydrogen) atoms. The van der Waals surface area contributed by atoms with Gasteiger partial charge in [-0.2, -0.15) is 0 Å². The van der Waals surface area contributed by atoms with Crippen molar-refractivity contribution in [2.75, 3.05) is 6.54 Å². The third-order valence-corrected chi connectivity index (χ3v) is 1.82. The summed E-state index contributed by atoms with van der Waals surface area (Å²) >= 11 is 0. The number of nitrogens with two attached hydrogens (primary N) is 1. The summed E-state index contributed by atoms with van der Waals surface area (Å²) in [5.74, 6) is 4.77. The molecule has 0 saturated heterocycles. The van der Waals surface area contributed by atoms with Gasteiger partial charge >= 0.3 is 0 Å². The number of aldehydes is 1. The van der Waals surface area contributed by atoms with Crippen molar-refractivity contribution in [2.45, 2.75) is 12.8 Å². The van der Waals surface area contributed by atoms with Crippen molar-refractivity contribution in [3.8, 4) is 24.7 Å². The second-order valence-electron chi connectivity index (χ2n) is 2.61. The molecule has 0 aliphatic carbocycles. The second kappa shape index (κ2) is 6.46. The number of hydrogen-bond donors (Lipinski definition) is 1. The Morgan fingerprint density at radius 1 is 1.33 bits per heavy atom. The van der Waals surface area contributed by atoms with Gasteiger partial charge in [-0.25, -0.2) is 0 Å². The molecule has 0 saturated carbocycles. The molecule has 0 spiro atoms. The van der Waals surface area contributed by atoms with Gasteiger partial charge in [0.05, 0.1) is 0 Å². The number of hydrogen-bond acceptors (Lipinski definition) is 2. The molecular formula is C10H13NO. The smallest absolute Gasteiger partial charge is 0.124 e. The third kappa shape index (κ3) is 3.23. The Labute approximate surface area is 73.5 Å². The quantitative estimate of drug-likeness (QED) is 0.471. The first-order valence-electron chi connectivity index (χ1n) is 3.82. The monoisotopic (exact) mass is 163 g/mol. The summed E-state index contributed by atoms with van der Waals surface area (Å²) in [6.07, 6.45) is 12.0. The van der Waals surface area contributed by atoms with E-state index in [1.165, 1.54) is 0 Å². The second-order valence-corrected chi connectivity index (χ2v) is 2.61. The van der Waals surface area contributed by atoms with Crippen molar-refractivity contribution >= 4 is 6.29 Å². The molecule has 0 aromatic carbocycles. The molecule has 0 aromatic heterocycles. The third-order valence-electron chi connectivity index (χ3n) is 1.82. The van der Waals surface area contributed by atoms with Crippen LogP contribution >= 0.6 is 0 Å². The van der Waals surface area contributed by atoms with Crippen molar-refractivity contribution in [2.24, 2.45) is 17.6 Å². The van der Waals surface area contributed by atoms with Crippen molar-refractivity contribution in [1.29, 1.82) is 0 Å². The molecule has 2 nitrogen and oxygen atoms in total. The predicted molar refractivity (Wildman–Crippen MR) is 49.0 cm³/mol. The molecule has 0 heterocycles. The highest BCUT2D eigenvalue weighted by Crippen LogP contribution is 2.15. The van der Waals surface area contributed by atoms with Gasteiger partial charge in [-0.1, -0.05) is 0 Å². The van der Waals surface area contributed by atoms with Crippen molar-refractivity contribution in [3.05, 3.63) is 0 Å². The van der Waals surface area contributed by atoms with Gasteiger partial charge in [0.25, 0.3) is 0 Å². The Morgan fingerprint density at radius 2 is 1.92 bits per heavy atom. The lowest BCUT2D eigenvalue weighted by molar-refractivity contribution is -0.112. The Kier molecular flexibility index (Phi) is 5.79. The van der Waals surface area contributed by atoms with Gasteiger partial charge in [-0.3, -0.25) is 0 Å². The highest BCUT2D eigenvalue weighted by Gasteiger charge is 2.17. The van der Waals surface area contributed by atoms with Gasteiger partial charge in [0.2, 0.25) is 0 Å². The molecule has 0 fully saturated rings. The SMILES string of the molecule is C#CCC(C=O)C(CN)CC#C. The lowest BCUT2D eigenvalue weighted by Crippen LogP contribution is -2.24. The van der Waals surface area contributed by atoms with Gasteiger partial charge in [0.1, 0.15) is 6.29 Å². The van der Waals surface area contributed by atoms with Crippen LogP contribution in [0, 0.1) is 36.5 Å². The Bertz CT molecular complexity index is 209. The molecule has 2 atom stereocenters. The molecule has 0 rings (SSSR count). The van der Waals surface area contributed by atoms with Crippen molar-refractivity contribution < 1.29 is 4.79 Å². The highest BCUT2D eigenvalue weighted by molar-refractivity contribution is 5.54. The first kappa shape index (κ1) is 10.8. The van der Waals surface area contributed by atoms with Crippen LogP contribution in [-0.4, -0.2) is 12.8 Å². The molecule has 2 unspecified atom stereocenters. The Hall–Kier alpha value is -1.25. The molecule has 0 aromatic rings. The number of terminal acetylenes is 2. The van der Waals surface area contributed by atoms with Crippen LogP contribution in [0.25, 0.3) is 0 Å². The van der Waals surface area contributed by atoms with Crippen LogP contribution in [0.5, 0.6) is 0 Å². The maximum atomic E-state index is 10.6. The van der Waals surface area contributed by atoms with E-state index in [4.69, 9.17) is 18.6 Å². The van der Waals surface area contributed by atoms with Gasteiger partial charge < -0.3 is 10.5 Å². The fourth-order valence-electron chi connectivity index (χ4n) is 1.02. The van der Waals surface area contributed by atoms with Crippen LogP contribution in [0.2, 0.25) is 0 Å². The van der Waals surface area contributed by atoms with E-state index < -0.39 is 0 Å². The minimum atomic E-state index is -0.184. The zero-order valence-electron chi connectivity index (χ0n) is 6.99. The van der Waals surface area contributed by atoms with Crippen molar-refractivity contribution in [3.63, 3.8) is 0 Å². The van der Waals surface area contributed by atoms with E-state index in [1.54, 1.807) is 0 Å². The largest absolute Gasteiger partial charge is 0.330 e. The van der Waals surface area contributed by atoms with Gasteiger partial charge in [-0.05, 0) is 12.5 Å². The first-order chi connectivity index (χ1) is 5.79. The zero-order chi connectivity index (χ0) is 9.40. The topological polar surface area (TPSA) is 43.1 Å². The van der Waals surface area contributed by atoms with Crippen molar-refractivity contribution in [1.82, 2.24) is 0 Å². The lowest BCUT2D eigenvalue weighted by atomic mass is 9.88. The van der Waals surface area contributed by atoms with E-state index in [2.05, 4.69) is 11.8 Å². The summed E-state index contributed by atoms with van der Waals surface area (Å²) < 4.78 is 0. The van der Waals surface area contributed by atoms with E-state index in [9.17, 15) is 4.79 Å². The maximum Gasteiger partial charge on any atom is 0.124 e. The molecule has 0 amide bonds.